The Morgan fingerprint density at radius 2 is 2.10 bits per heavy atom. The van der Waals surface area contributed by atoms with Gasteiger partial charge in [0.15, 0.2) is 5.13 Å². The number of nitrogens with zero attached hydrogens (tertiary/aromatic N) is 3. The molecule has 1 saturated heterocycles. The number of thiazole rings is 1. The van der Waals surface area contributed by atoms with Crippen molar-refractivity contribution >= 4 is 42.6 Å². The molecule has 1 aliphatic heterocycles. The Labute approximate surface area is 172 Å². The zero-order valence-corrected chi connectivity index (χ0v) is 17.5. The maximum Gasteiger partial charge on any atom is 0.244 e. The number of carbonyl (C=O) groups is 1. The van der Waals surface area contributed by atoms with Gasteiger partial charge in [-0.15, -0.1) is 0 Å². The van der Waals surface area contributed by atoms with Crippen LogP contribution in [-0.4, -0.2) is 47.7 Å². The maximum atomic E-state index is 13.0. The molecule has 1 unspecified atom stereocenters. The highest BCUT2D eigenvalue weighted by Crippen LogP contribution is 2.31. The molecule has 0 saturated carbocycles. The predicted octanol–water partition coefficient (Wildman–Crippen LogP) is 2.43. The van der Waals surface area contributed by atoms with E-state index in [0.717, 1.165) is 28.6 Å². The lowest BCUT2D eigenvalue weighted by Crippen LogP contribution is -2.45. The minimum atomic E-state index is -3.64. The molecule has 3 N–H and O–H groups in total. The van der Waals surface area contributed by atoms with Crippen molar-refractivity contribution in [3.8, 4) is 11.1 Å². The zero-order valence-electron chi connectivity index (χ0n) is 15.8. The summed E-state index contributed by atoms with van der Waals surface area (Å²) in [4.78, 5) is 19.9. The standard InChI is InChI=1S/C19H21N5O3S2/c1-12(25)22-19-23-17-5-4-13(8-18(17)28-19)14-7-16(10-21-9-14)29(26,27)24-6-2-3-15(20)11-24/h4-5,7-10,15H,2-3,6,11,20H2,1H3,(H,22,23,25). The first-order valence-electron chi connectivity index (χ1n) is 9.22. The van der Waals surface area contributed by atoms with Crippen LogP contribution in [0, 0.1) is 0 Å². The topological polar surface area (TPSA) is 118 Å². The number of nitrogens with one attached hydrogen (secondary N) is 1. The summed E-state index contributed by atoms with van der Waals surface area (Å²) in [7, 11) is -3.64. The van der Waals surface area contributed by atoms with E-state index in [-0.39, 0.29) is 16.8 Å². The van der Waals surface area contributed by atoms with E-state index in [1.165, 1.54) is 28.8 Å². The van der Waals surface area contributed by atoms with Gasteiger partial charge in [-0.2, -0.15) is 4.31 Å². The second kappa shape index (κ2) is 7.79. The molecule has 8 nitrogen and oxygen atoms in total. The molecule has 3 heterocycles. The third kappa shape index (κ3) is 4.15. The van der Waals surface area contributed by atoms with Crippen LogP contribution in [0.5, 0.6) is 0 Å². The van der Waals surface area contributed by atoms with Crippen molar-refractivity contribution in [1.82, 2.24) is 14.3 Å². The molecule has 1 amide bonds. The molecule has 29 heavy (non-hydrogen) atoms. The van der Waals surface area contributed by atoms with Crippen LogP contribution in [0.25, 0.3) is 21.3 Å². The largest absolute Gasteiger partial charge is 0.327 e. The Kier molecular flexibility index (Phi) is 5.34. The van der Waals surface area contributed by atoms with Crippen LogP contribution in [0.4, 0.5) is 5.13 Å². The molecule has 0 bridgehead atoms. The van der Waals surface area contributed by atoms with Gasteiger partial charge in [0.25, 0.3) is 0 Å². The summed E-state index contributed by atoms with van der Waals surface area (Å²) >= 11 is 1.36. The number of fused-ring (bicyclic) bond motifs is 1. The number of aromatic nitrogens is 2. The lowest BCUT2D eigenvalue weighted by atomic mass is 10.1. The van der Waals surface area contributed by atoms with Crippen LogP contribution in [0.1, 0.15) is 19.8 Å². The Hall–Kier alpha value is -2.40. The zero-order chi connectivity index (χ0) is 20.6. The van der Waals surface area contributed by atoms with Gasteiger partial charge in [0.2, 0.25) is 15.9 Å². The third-order valence-electron chi connectivity index (χ3n) is 4.78. The molecule has 4 rings (SSSR count). The molecule has 10 heteroatoms. The summed E-state index contributed by atoms with van der Waals surface area (Å²) in [6.07, 6.45) is 4.60. The molecule has 1 atom stereocenters. The number of anilines is 1. The molecule has 1 aromatic carbocycles. The maximum absolute atomic E-state index is 13.0. The Morgan fingerprint density at radius 1 is 1.28 bits per heavy atom. The van der Waals surface area contributed by atoms with E-state index < -0.39 is 10.0 Å². The van der Waals surface area contributed by atoms with Gasteiger partial charge >= 0.3 is 0 Å². The predicted molar refractivity (Wildman–Crippen MR) is 113 cm³/mol. The van der Waals surface area contributed by atoms with Crippen LogP contribution in [0.15, 0.2) is 41.6 Å². The number of amides is 1. The lowest BCUT2D eigenvalue weighted by molar-refractivity contribution is -0.114. The number of carbonyl (C=O) groups excluding carboxylic acids is 1. The molecule has 3 aromatic rings. The monoisotopic (exact) mass is 431 g/mol. The van der Waals surface area contributed by atoms with E-state index in [4.69, 9.17) is 5.73 Å². The SMILES string of the molecule is CC(=O)Nc1nc2ccc(-c3cncc(S(=O)(=O)N4CCCC(N)C4)c3)cc2s1. The van der Waals surface area contributed by atoms with Crippen molar-refractivity contribution in [1.29, 1.82) is 0 Å². The summed E-state index contributed by atoms with van der Waals surface area (Å²) in [5, 5.41) is 3.21. The number of rotatable bonds is 4. The van der Waals surface area contributed by atoms with Crippen molar-refractivity contribution in [2.24, 2.45) is 5.73 Å². The van der Waals surface area contributed by atoms with Crippen LogP contribution >= 0.6 is 11.3 Å². The molecule has 0 aliphatic carbocycles. The van der Waals surface area contributed by atoms with Crippen molar-refractivity contribution < 1.29 is 13.2 Å². The molecular formula is C19H21N5O3S2. The smallest absolute Gasteiger partial charge is 0.244 e. The van der Waals surface area contributed by atoms with Gasteiger partial charge in [0.05, 0.1) is 10.2 Å². The number of benzene rings is 1. The molecular weight excluding hydrogens is 410 g/mol. The number of nitrogens with two attached hydrogens (primary N) is 1. The minimum absolute atomic E-state index is 0.138. The van der Waals surface area contributed by atoms with Crippen molar-refractivity contribution in [2.45, 2.75) is 30.7 Å². The van der Waals surface area contributed by atoms with Gasteiger partial charge in [0.1, 0.15) is 4.90 Å². The normalized spacial score (nSPS) is 18.1. The lowest BCUT2D eigenvalue weighted by Gasteiger charge is -2.29. The fourth-order valence-corrected chi connectivity index (χ4v) is 5.84. The number of hydrogen-bond donors (Lipinski definition) is 2. The van der Waals surface area contributed by atoms with Gasteiger partial charge in [0, 0.05) is 44.0 Å². The van der Waals surface area contributed by atoms with E-state index in [2.05, 4.69) is 15.3 Å². The van der Waals surface area contributed by atoms with Crippen LogP contribution in [0.2, 0.25) is 0 Å². The molecule has 152 valence electrons. The summed E-state index contributed by atoms with van der Waals surface area (Å²) < 4.78 is 28.4. The highest BCUT2D eigenvalue weighted by molar-refractivity contribution is 7.89. The van der Waals surface area contributed by atoms with Gasteiger partial charge in [-0.1, -0.05) is 17.4 Å². The van der Waals surface area contributed by atoms with E-state index in [1.54, 1.807) is 12.3 Å². The van der Waals surface area contributed by atoms with Crippen molar-refractivity contribution in [3.05, 3.63) is 36.7 Å². The number of sulfonamides is 1. The fourth-order valence-electron chi connectivity index (χ4n) is 3.37. The summed E-state index contributed by atoms with van der Waals surface area (Å²) in [5.74, 6) is -0.177. The fraction of sp³-hybridized carbons (Fsp3) is 0.316. The van der Waals surface area contributed by atoms with Crippen molar-refractivity contribution in [3.63, 3.8) is 0 Å². The van der Waals surface area contributed by atoms with Gasteiger partial charge < -0.3 is 11.1 Å². The molecule has 1 fully saturated rings. The minimum Gasteiger partial charge on any atom is -0.327 e. The van der Waals surface area contributed by atoms with Gasteiger partial charge in [-0.05, 0) is 36.6 Å². The molecule has 0 radical (unpaired) electrons. The first kappa shape index (κ1) is 19.9. The van der Waals surface area contributed by atoms with E-state index in [1.807, 2.05) is 18.2 Å². The first-order chi connectivity index (χ1) is 13.8. The molecule has 1 aliphatic rings. The Balaban J connectivity index is 1.67. The van der Waals surface area contributed by atoms with Crippen LogP contribution in [-0.2, 0) is 14.8 Å². The van der Waals surface area contributed by atoms with Crippen LogP contribution < -0.4 is 11.1 Å². The Morgan fingerprint density at radius 3 is 2.86 bits per heavy atom. The number of piperidine rings is 1. The number of hydrogen-bond acceptors (Lipinski definition) is 7. The molecule has 0 spiro atoms. The van der Waals surface area contributed by atoms with Crippen LogP contribution in [0.3, 0.4) is 0 Å². The quantitative estimate of drug-likeness (QED) is 0.655. The Bertz CT molecular complexity index is 1180. The summed E-state index contributed by atoms with van der Waals surface area (Å²) in [6, 6.07) is 7.13. The highest BCUT2D eigenvalue weighted by Gasteiger charge is 2.29. The first-order valence-corrected chi connectivity index (χ1v) is 11.5. The molecule has 2 aromatic heterocycles. The number of pyridine rings is 1. The summed E-state index contributed by atoms with van der Waals surface area (Å²) in [6.45, 7) is 2.23. The van der Waals surface area contributed by atoms with Gasteiger partial charge in [-0.25, -0.2) is 13.4 Å². The van der Waals surface area contributed by atoms with E-state index >= 15 is 0 Å². The highest BCUT2D eigenvalue weighted by atomic mass is 32.2. The second-order valence-corrected chi connectivity index (χ2v) is 10.0. The van der Waals surface area contributed by atoms with Crippen molar-refractivity contribution in [2.75, 3.05) is 18.4 Å². The van der Waals surface area contributed by atoms with E-state index in [0.29, 0.717) is 23.8 Å². The average molecular weight is 432 g/mol. The second-order valence-electron chi connectivity index (χ2n) is 7.06. The average Bonchev–Trinajstić information content (AvgIpc) is 3.08. The van der Waals surface area contributed by atoms with E-state index in [9.17, 15) is 13.2 Å². The third-order valence-corrected chi connectivity index (χ3v) is 7.54. The summed E-state index contributed by atoms with van der Waals surface area (Å²) in [5.41, 5.74) is 8.25. The van der Waals surface area contributed by atoms with Gasteiger partial charge in [-0.3, -0.25) is 9.78 Å².